The zero-order valence-corrected chi connectivity index (χ0v) is 33.0. The molecule has 290 valence electrons. The molecule has 7 heteroatoms. The van der Waals surface area contributed by atoms with E-state index in [0.29, 0.717) is 11.7 Å². The molecule has 5 heterocycles. The Morgan fingerprint density at radius 2 is 1.05 bits per heavy atom. The predicted molar refractivity (Wildman–Crippen MR) is 252 cm³/mol. The molecule has 0 radical (unpaired) electrons. The fourth-order valence-electron chi connectivity index (χ4n) is 9.91. The van der Waals surface area contributed by atoms with Gasteiger partial charge in [-0.15, -0.1) is 0 Å². The first-order valence-corrected chi connectivity index (χ1v) is 20.8. The zero-order chi connectivity index (χ0) is 40.5. The van der Waals surface area contributed by atoms with Crippen LogP contribution >= 0.6 is 0 Å². The van der Waals surface area contributed by atoms with Crippen molar-refractivity contribution in [1.82, 2.24) is 9.88 Å². The molecular formula is C55H32N4O3. The van der Waals surface area contributed by atoms with Crippen molar-refractivity contribution >= 4 is 110 Å². The van der Waals surface area contributed by atoms with Crippen LogP contribution in [0.2, 0.25) is 0 Å². The highest BCUT2D eigenvalue weighted by molar-refractivity contribution is 6.25. The van der Waals surface area contributed by atoms with Crippen LogP contribution in [0.3, 0.4) is 0 Å². The average Bonchev–Trinajstić information content (AvgIpc) is 4.09. The summed E-state index contributed by atoms with van der Waals surface area (Å²) in [6.07, 6.45) is -0.543. The summed E-state index contributed by atoms with van der Waals surface area (Å²) >= 11 is 0. The van der Waals surface area contributed by atoms with Crippen LogP contribution in [0.15, 0.2) is 205 Å². The monoisotopic (exact) mass is 796 g/mol. The third kappa shape index (κ3) is 4.76. The van der Waals surface area contributed by atoms with Gasteiger partial charge in [-0.05, 0) is 71.4 Å². The maximum Gasteiger partial charge on any atom is 0.160 e. The lowest BCUT2D eigenvalue weighted by Crippen LogP contribution is -2.34. The highest BCUT2D eigenvalue weighted by atomic mass is 16.3. The number of hydrogen-bond acceptors (Lipinski definition) is 6. The maximum atomic E-state index is 6.85. The second-order valence-corrected chi connectivity index (χ2v) is 16.1. The number of para-hydroxylation sites is 4. The van der Waals surface area contributed by atoms with Crippen LogP contribution in [0.25, 0.3) is 104 Å². The summed E-state index contributed by atoms with van der Waals surface area (Å²) in [5.41, 5.74) is 10.7. The number of nitrogens with zero attached hydrogens (tertiary/aromatic N) is 3. The smallest absolute Gasteiger partial charge is 0.160 e. The number of aromatic nitrogens is 1. The molecule has 7 nitrogen and oxygen atoms in total. The zero-order valence-electron chi connectivity index (χ0n) is 33.0. The molecule has 0 spiro atoms. The SMILES string of the molecule is c1ccc2cc3c(cc2c1)c1ccccc1n3-c1cc(C2=NC(c3cccc4oc5ccccc5c34)=NC(c3cccc4oc5ccccc5c34)N2)c2oc3ccccc3c2c1. The van der Waals surface area contributed by atoms with Gasteiger partial charge < -0.3 is 23.1 Å². The van der Waals surface area contributed by atoms with Gasteiger partial charge >= 0.3 is 0 Å². The minimum atomic E-state index is -0.543. The highest BCUT2D eigenvalue weighted by Gasteiger charge is 2.29. The van der Waals surface area contributed by atoms with E-state index in [2.05, 4.69) is 125 Å². The fraction of sp³-hybridized carbons (Fsp3) is 0.0182. The lowest BCUT2D eigenvalue weighted by Gasteiger charge is -2.25. The predicted octanol–water partition coefficient (Wildman–Crippen LogP) is 14.1. The van der Waals surface area contributed by atoms with Crippen LogP contribution in [0.5, 0.6) is 0 Å². The summed E-state index contributed by atoms with van der Waals surface area (Å²) in [5.74, 6) is 1.23. The molecule has 1 N–H and O–H groups in total. The summed E-state index contributed by atoms with van der Waals surface area (Å²) < 4.78 is 22.0. The molecule has 0 aliphatic carbocycles. The largest absolute Gasteiger partial charge is 0.456 e. The molecule has 1 unspecified atom stereocenters. The second kappa shape index (κ2) is 12.5. The molecule has 1 atom stereocenters. The maximum absolute atomic E-state index is 6.85. The van der Waals surface area contributed by atoms with Gasteiger partial charge in [0.2, 0.25) is 0 Å². The first-order chi connectivity index (χ1) is 30.7. The fourth-order valence-corrected chi connectivity index (χ4v) is 9.91. The van der Waals surface area contributed by atoms with Gasteiger partial charge in [-0.25, -0.2) is 9.98 Å². The van der Waals surface area contributed by atoms with E-state index in [-0.39, 0.29) is 0 Å². The number of nitrogens with one attached hydrogen (secondary N) is 1. The first-order valence-electron chi connectivity index (χ1n) is 20.8. The van der Waals surface area contributed by atoms with Crippen molar-refractivity contribution < 1.29 is 13.3 Å². The van der Waals surface area contributed by atoms with Crippen molar-refractivity contribution in [1.29, 1.82) is 0 Å². The second-order valence-electron chi connectivity index (χ2n) is 16.1. The summed E-state index contributed by atoms with van der Waals surface area (Å²) in [4.78, 5) is 11.0. The lowest BCUT2D eigenvalue weighted by atomic mass is 10.0. The Bertz CT molecular complexity index is 4100. The molecule has 0 bridgehead atoms. The van der Waals surface area contributed by atoms with Gasteiger partial charge in [0.1, 0.15) is 45.5 Å². The molecule has 0 saturated heterocycles. The molecule has 62 heavy (non-hydrogen) atoms. The van der Waals surface area contributed by atoms with Crippen molar-refractivity contribution in [3.63, 3.8) is 0 Å². The van der Waals surface area contributed by atoms with Gasteiger partial charge in [-0.1, -0.05) is 121 Å². The van der Waals surface area contributed by atoms with Crippen LogP contribution in [-0.4, -0.2) is 16.2 Å². The summed E-state index contributed by atoms with van der Waals surface area (Å²) in [6.45, 7) is 0. The van der Waals surface area contributed by atoms with Crippen molar-refractivity contribution in [3.8, 4) is 5.69 Å². The Morgan fingerprint density at radius 1 is 0.435 bits per heavy atom. The van der Waals surface area contributed by atoms with E-state index in [1.165, 1.54) is 21.5 Å². The number of benzene rings is 9. The highest BCUT2D eigenvalue weighted by Crippen LogP contribution is 2.41. The third-order valence-electron chi connectivity index (χ3n) is 12.6. The van der Waals surface area contributed by atoms with E-state index in [1.54, 1.807) is 0 Å². The van der Waals surface area contributed by atoms with E-state index >= 15 is 0 Å². The Balaban J connectivity index is 1.07. The number of hydrogen-bond donors (Lipinski definition) is 1. The van der Waals surface area contributed by atoms with E-state index in [4.69, 9.17) is 23.2 Å². The Morgan fingerprint density at radius 3 is 1.84 bits per heavy atom. The number of aliphatic imine (C=N–C) groups is 2. The van der Waals surface area contributed by atoms with Gasteiger partial charge in [-0.2, -0.15) is 0 Å². The summed E-state index contributed by atoms with van der Waals surface area (Å²) in [6, 6.07) is 63.3. The van der Waals surface area contributed by atoms with E-state index in [1.807, 2.05) is 66.7 Å². The topological polar surface area (TPSA) is 81.1 Å². The van der Waals surface area contributed by atoms with Gasteiger partial charge in [0, 0.05) is 59.9 Å². The number of amidine groups is 2. The molecule has 1 aliphatic rings. The first kappa shape index (κ1) is 33.4. The van der Waals surface area contributed by atoms with Crippen molar-refractivity contribution in [3.05, 3.63) is 199 Å². The van der Waals surface area contributed by atoms with Crippen molar-refractivity contribution in [2.75, 3.05) is 0 Å². The Kier molecular flexibility index (Phi) is 6.76. The molecule has 1 aliphatic heterocycles. The van der Waals surface area contributed by atoms with Gasteiger partial charge in [0.05, 0.1) is 16.6 Å². The van der Waals surface area contributed by atoms with Gasteiger partial charge in [0.15, 0.2) is 5.84 Å². The Labute approximate surface area is 352 Å². The molecule has 0 fully saturated rings. The number of fused-ring (bicyclic) bond motifs is 13. The molecule has 4 aromatic heterocycles. The summed E-state index contributed by atoms with van der Waals surface area (Å²) in [7, 11) is 0. The molecule has 0 saturated carbocycles. The Hall–Kier alpha value is -8.42. The molecule has 13 aromatic rings. The van der Waals surface area contributed by atoms with Crippen LogP contribution in [-0.2, 0) is 0 Å². The van der Waals surface area contributed by atoms with E-state index in [9.17, 15) is 0 Å². The minimum absolute atomic E-state index is 0.543. The molecule has 0 amide bonds. The van der Waals surface area contributed by atoms with Gasteiger partial charge in [-0.3, -0.25) is 0 Å². The average molecular weight is 797 g/mol. The number of rotatable bonds is 4. The van der Waals surface area contributed by atoms with Gasteiger partial charge in [0.25, 0.3) is 0 Å². The number of furan rings is 3. The quantitative estimate of drug-likeness (QED) is 0.192. The van der Waals surface area contributed by atoms with Crippen LogP contribution in [0.1, 0.15) is 22.9 Å². The standard InChI is InChI=1S/C55H32N4O3/c1-2-14-32-28-44-40(27-31(32)13-1)34-15-3-7-21-43(34)59(44)33-29-41-35-16-4-8-22-45(35)62-52(41)42(30-33)55-57-53(38-19-11-25-48-50(38)36-17-5-9-23-46(36)60-48)56-54(58-55)39-20-12-26-49-51(39)37-18-6-10-24-47(37)61-49/h1-30,53H,(H,56,57,58). The summed E-state index contributed by atoms with van der Waals surface area (Å²) in [5, 5.41) is 14.7. The third-order valence-corrected chi connectivity index (χ3v) is 12.6. The van der Waals surface area contributed by atoms with Crippen molar-refractivity contribution in [2.24, 2.45) is 9.98 Å². The van der Waals surface area contributed by atoms with Crippen LogP contribution in [0, 0.1) is 0 Å². The van der Waals surface area contributed by atoms with E-state index in [0.717, 1.165) is 99.2 Å². The lowest BCUT2D eigenvalue weighted by molar-refractivity contribution is 0.657. The molecule has 9 aromatic carbocycles. The normalized spacial score (nSPS) is 14.6. The van der Waals surface area contributed by atoms with Crippen molar-refractivity contribution in [2.45, 2.75) is 6.17 Å². The molecule has 14 rings (SSSR count). The minimum Gasteiger partial charge on any atom is -0.456 e. The van der Waals surface area contributed by atoms with Crippen LogP contribution < -0.4 is 5.32 Å². The van der Waals surface area contributed by atoms with Crippen LogP contribution in [0.4, 0.5) is 0 Å². The van der Waals surface area contributed by atoms with E-state index < -0.39 is 6.17 Å². The molecular weight excluding hydrogens is 765 g/mol.